The van der Waals surface area contributed by atoms with E-state index in [-0.39, 0.29) is 5.91 Å². The monoisotopic (exact) mass is 353 g/mol. The van der Waals surface area contributed by atoms with Crippen molar-refractivity contribution in [1.82, 2.24) is 15.1 Å². The number of nitrogens with zero attached hydrogens (tertiary/aromatic N) is 2. The van der Waals surface area contributed by atoms with Crippen molar-refractivity contribution >= 4 is 17.5 Å². The van der Waals surface area contributed by atoms with E-state index in [2.05, 4.69) is 22.2 Å². The van der Waals surface area contributed by atoms with Crippen molar-refractivity contribution in [2.75, 3.05) is 46.3 Å². The van der Waals surface area contributed by atoms with Gasteiger partial charge in [0.1, 0.15) is 5.75 Å². The van der Waals surface area contributed by atoms with E-state index in [9.17, 15) is 4.79 Å². The maximum Gasteiger partial charge on any atom is 0.261 e. The summed E-state index contributed by atoms with van der Waals surface area (Å²) in [5, 5.41) is 3.59. The molecule has 1 atom stereocenters. The van der Waals surface area contributed by atoms with Crippen LogP contribution in [0.2, 0.25) is 5.02 Å². The van der Waals surface area contributed by atoms with Crippen molar-refractivity contribution in [2.24, 2.45) is 0 Å². The van der Waals surface area contributed by atoms with Gasteiger partial charge >= 0.3 is 0 Å². The number of hydrogen-bond donors (Lipinski definition) is 1. The first-order valence-corrected chi connectivity index (χ1v) is 9.07. The summed E-state index contributed by atoms with van der Waals surface area (Å²) in [6.07, 6.45) is 1.10. The zero-order valence-electron chi connectivity index (χ0n) is 14.6. The van der Waals surface area contributed by atoms with Gasteiger partial charge in [0.2, 0.25) is 0 Å². The Morgan fingerprint density at radius 3 is 2.75 bits per heavy atom. The van der Waals surface area contributed by atoms with Gasteiger partial charge in [0, 0.05) is 37.7 Å². The smallest absolute Gasteiger partial charge is 0.261 e. The van der Waals surface area contributed by atoms with Gasteiger partial charge in [-0.25, -0.2) is 0 Å². The average molecular weight is 354 g/mol. The molecule has 134 valence electrons. The van der Waals surface area contributed by atoms with E-state index in [0.717, 1.165) is 39.1 Å². The van der Waals surface area contributed by atoms with E-state index in [1.165, 1.54) is 0 Å². The SMILES string of the molecule is CC[C@H](Oc1cccc(Cl)c1)C(=O)NCCCN1CCN(C)CC1. The Bertz CT molecular complexity index is 519. The van der Waals surface area contributed by atoms with Crippen molar-refractivity contribution < 1.29 is 9.53 Å². The summed E-state index contributed by atoms with van der Waals surface area (Å²) < 4.78 is 5.75. The number of likely N-dealkylation sites (N-methyl/N-ethyl adjacent to an activating group) is 1. The molecule has 1 saturated heterocycles. The molecule has 1 aromatic carbocycles. The van der Waals surface area contributed by atoms with Crippen LogP contribution in [-0.2, 0) is 4.79 Å². The van der Waals surface area contributed by atoms with Crippen LogP contribution in [0.3, 0.4) is 0 Å². The third-order valence-corrected chi connectivity index (χ3v) is 4.52. The van der Waals surface area contributed by atoms with Gasteiger partial charge in [-0.2, -0.15) is 0 Å². The number of ether oxygens (including phenoxy) is 1. The van der Waals surface area contributed by atoms with Crippen molar-refractivity contribution in [2.45, 2.75) is 25.9 Å². The summed E-state index contributed by atoms with van der Waals surface area (Å²) >= 11 is 5.95. The van der Waals surface area contributed by atoms with Crippen LogP contribution in [0.15, 0.2) is 24.3 Å². The second-order valence-electron chi connectivity index (χ2n) is 6.26. The fourth-order valence-corrected chi connectivity index (χ4v) is 2.91. The molecule has 1 fully saturated rings. The van der Waals surface area contributed by atoms with Gasteiger partial charge in [-0.1, -0.05) is 24.6 Å². The lowest BCUT2D eigenvalue weighted by Crippen LogP contribution is -2.45. The van der Waals surface area contributed by atoms with Crippen molar-refractivity contribution in [3.63, 3.8) is 0 Å². The second kappa shape index (κ2) is 9.87. The third kappa shape index (κ3) is 6.30. The Balaban J connectivity index is 1.68. The maximum absolute atomic E-state index is 12.3. The number of halogens is 1. The molecule has 2 rings (SSSR count). The molecule has 0 aromatic heterocycles. The Morgan fingerprint density at radius 2 is 2.08 bits per heavy atom. The molecule has 0 spiro atoms. The summed E-state index contributed by atoms with van der Waals surface area (Å²) in [5.41, 5.74) is 0. The Kier molecular flexibility index (Phi) is 7.82. The van der Waals surface area contributed by atoms with Gasteiger partial charge in [-0.3, -0.25) is 4.79 Å². The minimum Gasteiger partial charge on any atom is -0.481 e. The lowest BCUT2D eigenvalue weighted by Gasteiger charge is -2.32. The Hall–Kier alpha value is -1.30. The van der Waals surface area contributed by atoms with E-state index < -0.39 is 6.10 Å². The highest BCUT2D eigenvalue weighted by Gasteiger charge is 2.18. The number of hydrogen-bond acceptors (Lipinski definition) is 4. The van der Waals surface area contributed by atoms with E-state index in [1.807, 2.05) is 19.1 Å². The highest BCUT2D eigenvalue weighted by Crippen LogP contribution is 2.19. The minimum atomic E-state index is -0.480. The molecule has 0 aliphatic carbocycles. The largest absolute Gasteiger partial charge is 0.481 e. The molecule has 0 radical (unpaired) electrons. The summed E-state index contributed by atoms with van der Waals surface area (Å²) in [5.74, 6) is 0.567. The molecule has 0 saturated carbocycles. The predicted molar refractivity (Wildman–Crippen MR) is 97.7 cm³/mol. The first-order valence-electron chi connectivity index (χ1n) is 8.69. The lowest BCUT2D eigenvalue weighted by molar-refractivity contribution is -0.128. The van der Waals surface area contributed by atoms with Gasteiger partial charge in [-0.15, -0.1) is 0 Å². The van der Waals surface area contributed by atoms with Gasteiger partial charge in [-0.05, 0) is 44.6 Å². The molecular weight excluding hydrogens is 326 g/mol. The standard InChI is InChI=1S/C18H28ClN3O2/c1-3-17(24-16-7-4-6-15(19)14-16)18(23)20-8-5-9-22-12-10-21(2)11-13-22/h4,6-7,14,17H,3,5,8-13H2,1-2H3,(H,20,23)/t17-/m0/s1. The lowest BCUT2D eigenvalue weighted by atomic mass is 10.2. The van der Waals surface area contributed by atoms with Crippen LogP contribution in [-0.4, -0.2) is 68.1 Å². The number of benzene rings is 1. The molecule has 0 unspecified atom stereocenters. The van der Waals surface area contributed by atoms with Gasteiger partial charge in [0.15, 0.2) is 6.10 Å². The van der Waals surface area contributed by atoms with E-state index >= 15 is 0 Å². The molecule has 1 amide bonds. The van der Waals surface area contributed by atoms with Crippen LogP contribution in [0.4, 0.5) is 0 Å². The summed E-state index contributed by atoms with van der Waals surface area (Å²) in [4.78, 5) is 17.1. The molecule has 1 aromatic rings. The van der Waals surface area contributed by atoms with E-state index in [4.69, 9.17) is 16.3 Å². The second-order valence-corrected chi connectivity index (χ2v) is 6.70. The van der Waals surface area contributed by atoms with Crippen LogP contribution in [0.5, 0.6) is 5.75 Å². The quantitative estimate of drug-likeness (QED) is 0.728. The fourth-order valence-electron chi connectivity index (χ4n) is 2.73. The number of carbonyl (C=O) groups excluding carboxylic acids is 1. The molecule has 1 heterocycles. The maximum atomic E-state index is 12.3. The molecule has 1 N–H and O–H groups in total. The van der Waals surface area contributed by atoms with Gasteiger partial charge in [0.05, 0.1) is 0 Å². The number of nitrogens with one attached hydrogen (secondary N) is 1. The number of amides is 1. The third-order valence-electron chi connectivity index (χ3n) is 4.28. The number of carbonyl (C=O) groups is 1. The highest BCUT2D eigenvalue weighted by atomic mass is 35.5. The summed E-state index contributed by atoms with van der Waals surface area (Å²) in [6.45, 7) is 8.12. The first-order chi connectivity index (χ1) is 11.6. The van der Waals surface area contributed by atoms with Crippen LogP contribution in [0.1, 0.15) is 19.8 Å². The predicted octanol–water partition coefficient (Wildman–Crippen LogP) is 2.25. The highest BCUT2D eigenvalue weighted by molar-refractivity contribution is 6.30. The zero-order chi connectivity index (χ0) is 17.4. The van der Waals surface area contributed by atoms with E-state index in [1.54, 1.807) is 12.1 Å². The Morgan fingerprint density at radius 1 is 1.33 bits per heavy atom. The van der Waals surface area contributed by atoms with Crippen LogP contribution < -0.4 is 10.1 Å². The summed E-state index contributed by atoms with van der Waals surface area (Å²) in [7, 11) is 2.16. The molecule has 6 heteroatoms. The zero-order valence-corrected chi connectivity index (χ0v) is 15.4. The van der Waals surface area contributed by atoms with Crippen LogP contribution in [0.25, 0.3) is 0 Å². The average Bonchev–Trinajstić information content (AvgIpc) is 2.58. The molecular formula is C18H28ClN3O2. The topological polar surface area (TPSA) is 44.8 Å². The van der Waals surface area contributed by atoms with Crippen LogP contribution in [0, 0.1) is 0 Å². The Labute approximate surface area is 149 Å². The molecule has 1 aliphatic rings. The van der Waals surface area contributed by atoms with Crippen molar-refractivity contribution in [1.29, 1.82) is 0 Å². The molecule has 0 bridgehead atoms. The molecule has 24 heavy (non-hydrogen) atoms. The summed E-state index contributed by atoms with van der Waals surface area (Å²) in [6, 6.07) is 7.15. The molecule has 5 nitrogen and oxygen atoms in total. The van der Waals surface area contributed by atoms with Crippen molar-refractivity contribution in [3.05, 3.63) is 29.3 Å². The molecule has 1 aliphatic heterocycles. The number of piperazine rings is 1. The van der Waals surface area contributed by atoms with Gasteiger partial charge in [0.25, 0.3) is 5.91 Å². The van der Waals surface area contributed by atoms with E-state index in [0.29, 0.717) is 23.7 Å². The number of rotatable bonds is 8. The van der Waals surface area contributed by atoms with Crippen LogP contribution >= 0.6 is 11.6 Å². The minimum absolute atomic E-state index is 0.0594. The normalized spacial score (nSPS) is 17.5. The van der Waals surface area contributed by atoms with Crippen molar-refractivity contribution in [3.8, 4) is 5.75 Å². The fraction of sp³-hybridized carbons (Fsp3) is 0.611. The van der Waals surface area contributed by atoms with Gasteiger partial charge < -0.3 is 19.9 Å². The first kappa shape index (κ1) is 19.0.